The van der Waals surface area contributed by atoms with Gasteiger partial charge in [0.15, 0.2) is 5.96 Å². The molecule has 2 bridgehead atoms. The molecular formula is C21H30IN5O2S. The quantitative estimate of drug-likeness (QED) is 0.131. The second kappa shape index (κ2) is 10.2. The van der Waals surface area contributed by atoms with E-state index < -0.39 is 0 Å². The van der Waals surface area contributed by atoms with Gasteiger partial charge >= 0.3 is 0 Å². The lowest BCUT2D eigenvalue weighted by molar-refractivity contribution is -0.140. The lowest BCUT2D eigenvalue weighted by Gasteiger charge is -2.18. The molecule has 2 heterocycles. The van der Waals surface area contributed by atoms with Gasteiger partial charge in [-0.05, 0) is 31.1 Å². The predicted molar refractivity (Wildman–Crippen MR) is 129 cm³/mol. The molecular weight excluding hydrogens is 513 g/mol. The summed E-state index contributed by atoms with van der Waals surface area (Å²) in [4.78, 5) is 35.7. The number of fused-ring (bicyclic) bond motifs is 5. The van der Waals surface area contributed by atoms with Gasteiger partial charge in [0.2, 0.25) is 11.8 Å². The van der Waals surface area contributed by atoms with Crippen molar-refractivity contribution in [2.75, 3.05) is 26.7 Å². The van der Waals surface area contributed by atoms with E-state index >= 15 is 0 Å². The third kappa shape index (κ3) is 4.56. The van der Waals surface area contributed by atoms with Crippen molar-refractivity contribution >= 4 is 53.1 Å². The maximum Gasteiger partial charge on any atom is 0.233 e. The van der Waals surface area contributed by atoms with Gasteiger partial charge in [-0.3, -0.25) is 19.5 Å². The fraction of sp³-hybridized carbons (Fsp3) is 0.619. The van der Waals surface area contributed by atoms with E-state index in [-0.39, 0.29) is 59.5 Å². The van der Waals surface area contributed by atoms with Gasteiger partial charge in [0, 0.05) is 38.5 Å². The van der Waals surface area contributed by atoms with Gasteiger partial charge in [0.05, 0.1) is 22.5 Å². The number of carbonyl (C=O) groups is 2. The number of halogens is 1. The van der Waals surface area contributed by atoms with Gasteiger partial charge < -0.3 is 10.6 Å². The molecule has 1 saturated heterocycles. The summed E-state index contributed by atoms with van der Waals surface area (Å²) in [6, 6.07) is 0. The molecule has 4 unspecified atom stereocenters. The Balaban J connectivity index is 0.00000256. The van der Waals surface area contributed by atoms with E-state index in [1.807, 2.05) is 0 Å². The van der Waals surface area contributed by atoms with Gasteiger partial charge in [-0.2, -0.15) is 0 Å². The van der Waals surface area contributed by atoms with Crippen LogP contribution < -0.4 is 10.6 Å². The highest BCUT2D eigenvalue weighted by molar-refractivity contribution is 14.0. The van der Waals surface area contributed by atoms with Crippen LogP contribution in [0.2, 0.25) is 0 Å². The summed E-state index contributed by atoms with van der Waals surface area (Å²) in [7, 11) is 1.74. The third-order valence-electron chi connectivity index (χ3n) is 6.21. The van der Waals surface area contributed by atoms with E-state index in [0.717, 1.165) is 37.5 Å². The number of thiazole rings is 1. The minimum atomic E-state index is -0.0983. The van der Waals surface area contributed by atoms with Crippen molar-refractivity contribution < 1.29 is 9.59 Å². The molecule has 2 amide bonds. The van der Waals surface area contributed by atoms with E-state index in [4.69, 9.17) is 0 Å². The molecule has 1 aliphatic heterocycles. The number of aromatic nitrogens is 1. The first-order chi connectivity index (χ1) is 14.1. The topological polar surface area (TPSA) is 86.7 Å². The van der Waals surface area contributed by atoms with Crippen LogP contribution in [0.3, 0.4) is 0 Å². The van der Waals surface area contributed by atoms with Crippen LogP contribution in [0.1, 0.15) is 30.5 Å². The monoisotopic (exact) mass is 543 g/mol. The number of nitrogens with one attached hydrogen (secondary N) is 2. The molecule has 1 aromatic rings. The molecule has 0 spiro atoms. The Morgan fingerprint density at radius 3 is 2.47 bits per heavy atom. The zero-order chi connectivity index (χ0) is 20.4. The van der Waals surface area contributed by atoms with E-state index in [0.29, 0.717) is 19.5 Å². The van der Waals surface area contributed by atoms with Crippen molar-refractivity contribution in [2.24, 2.45) is 28.7 Å². The molecule has 0 radical (unpaired) electrons. The van der Waals surface area contributed by atoms with E-state index in [1.54, 1.807) is 18.4 Å². The number of hydrogen-bond donors (Lipinski definition) is 2. The number of aliphatic imine (C=N–C) groups is 1. The number of amides is 2. The number of imide groups is 1. The first kappa shape index (κ1) is 23.2. The van der Waals surface area contributed by atoms with Crippen LogP contribution in [0, 0.1) is 23.7 Å². The van der Waals surface area contributed by atoms with Crippen molar-refractivity contribution in [2.45, 2.75) is 32.6 Å². The molecule has 4 rings (SSSR count). The molecule has 7 nitrogen and oxygen atoms in total. The molecule has 2 fully saturated rings. The summed E-state index contributed by atoms with van der Waals surface area (Å²) in [6.07, 6.45) is 7.78. The maximum atomic E-state index is 12.7. The highest BCUT2D eigenvalue weighted by Crippen LogP contribution is 2.52. The summed E-state index contributed by atoms with van der Waals surface area (Å²) in [5.41, 5.74) is 1.11. The highest BCUT2D eigenvalue weighted by atomic mass is 127. The SMILES string of the molecule is CCc1nc(CCNC(=NC)NCCCN2C(=O)C3C4C=CC(C4)C3C2=O)cs1.I. The van der Waals surface area contributed by atoms with Crippen LogP contribution in [0.15, 0.2) is 22.5 Å². The second-order valence-electron chi connectivity index (χ2n) is 7.94. The van der Waals surface area contributed by atoms with Crippen molar-refractivity contribution in [3.8, 4) is 0 Å². The summed E-state index contributed by atoms with van der Waals surface area (Å²) in [6.45, 7) is 4.01. The molecule has 2 aliphatic carbocycles. The standard InChI is InChI=1S/C21H29N5O2S.HI/c1-3-16-25-15(12-29-16)7-9-24-21(22-2)23-8-4-10-26-19(27)17-13-5-6-14(11-13)18(17)20(26)28;/h5-6,12-14,17-18H,3-4,7-11H2,1-2H3,(H2,22,23,24);1H. The Labute approximate surface area is 198 Å². The number of carbonyl (C=O) groups excluding carboxylic acids is 2. The van der Waals surface area contributed by atoms with Crippen LogP contribution in [0.4, 0.5) is 0 Å². The molecule has 164 valence electrons. The van der Waals surface area contributed by atoms with Crippen LogP contribution in [-0.4, -0.2) is 54.3 Å². The molecule has 9 heteroatoms. The number of rotatable bonds is 8. The zero-order valence-corrected chi connectivity index (χ0v) is 20.6. The van der Waals surface area contributed by atoms with E-state index in [2.05, 4.69) is 45.1 Å². The molecule has 3 aliphatic rings. The van der Waals surface area contributed by atoms with Gasteiger partial charge in [-0.15, -0.1) is 35.3 Å². The predicted octanol–water partition coefficient (Wildman–Crippen LogP) is 2.23. The van der Waals surface area contributed by atoms with Crippen LogP contribution in [0.5, 0.6) is 0 Å². The fourth-order valence-electron chi connectivity index (χ4n) is 4.78. The second-order valence-corrected chi connectivity index (χ2v) is 8.89. The Hall–Kier alpha value is -1.49. The molecule has 30 heavy (non-hydrogen) atoms. The molecule has 2 N–H and O–H groups in total. The Kier molecular flexibility index (Phi) is 7.89. The summed E-state index contributed by atoms with van der Waals surface area (Å²) in [5, 5.41) is 9.83. The summed E-state index contributed by atoms with van der Waals surface area (Å²) in [5.74, 6) is 1.16. The minimum absolute atomic E-state index is 0. The summed E-state index contributed by atoms with van der Waals surface area (Å²) < 4.78 is 0. The number of guanidine groups is 1. The Morgan fingerprint density at radius 2 is 1.87 bits per heavy atom. The first-order valence-corrected chi connectivity index (χ1v) is 11.4. The Bertz CT molecular complexity index is 809. The van der Waals surface area contributed by atoms with Crippen LogP contribution >= 0.6 is 35.3 Å². The Morgan fingerprint density at radius 1 is 1.20 bits per heavy atom. The first-order valence-electron chi connectivity index (χ1n) is 10.5. The lowest BCUT2D eigenvalue weighted by Crippen LogP contribution is -2.40. The fourth-order valence-corrected chi connectivity index (χ4v) is 5.56. The minimum Gasteiger partial charge on any atom is -0.356 e. The van der Waals surface area contributed by atoms with Gasteiger partial charge in [-0.1, -0.05) is 19.1 Å². The molecule has 0 aromatic carbocycles. The number of aryl methyl sites for hydroxylation is 1. The van der Waals surface area contributed by atoms with Gasteiger partial charge in [-0.25, -0.2) is 4.98 Å². The van der Waals surface area contributed by atoms with Crippen molar-refractivity contribution in [1.82, 2.24) is 20.5 Å². The third-order valence-corrected chi connectivity index (χ3v) is 7.25. The van der Waals surface area contributed by atoms with Gasteiger partial charge in [0.1, 0.15) is 0 Å². The van der Waals surface area contributed by atoms with Crippen LogP contribution in [-0.2, 0) is 22.4 Å². The largest absolute Gasteiger partial charge is 0.356 e. The zero-order valence-electron chi connectivity index (χ0n) is 17.5. The number of likely N-dealkylation sites (tertiary alicyclic amines) is 1. The average Bonchev–Trinajstić information content (AvgIpc) is 3.50. The molecule has 4 atom stereocenters. The van der Waals surface area contributed by atoms with E-state index in [9.17, 15) is 9.59 Å². The normalized spacial score (nSPS) is 26.9. The smallest absolute Gasteiger partial charge is 0.233 e. The van der Waals surface area contributed by atoms with E-state index in [1.165, 1.54) is 9.91 Å². The van der Waals surface area contributed by atoms with Crippen molar-refractivity contribution in [3.05, 3.63) is 28.2 Å². The lowest BCUT2D eigenvalue weighted by atomic mass is 9.85. The number of hydrogen-bond acceptors (Lipinski definition) is 5. The van der Waals surface area contributed by atoms with Crippen LogP contribution in [0.25, 0.3) is 0 Å². The van der Waals surface area contributed by atoms with Crippen molar-refractivity contribution in [3.63, 3.8) is 0 Å². The number of nitrogens with zero attached hydrogens (tertiary/aromatic N) is 3. The van der Waals surface area contributed by atoms with Crippen molar-refractivity contribution in [1.29, 1.82) is 0 Å². The summed E-state index contributed by atoms with van der Waals surface area (Å²) >= 11 is 1.71. The highest BCUT2D eigenvalue weighted by Gasteiger charge is 2.58. The number of allylic oxidation sites excluding steroid dienone is 2. The maximum absolute atomic E-state index is 12.7. The average molecular weight is 543 g/mol. The molecule has 1 saturated carbocycles. The molecule has 1 aromatic heterocycles. The van der Waals surface area contributed by atoms with Gasteiger partial charge in [0.25, 0.3) is 0 Å².